The maximum atomic E-state index is 5.60. The monoisotopic (exact) mass is 179 g/mol. The van der Waals surface area contributed by atoms with Gasteiger partial charge in [-0.1, -0.05) is 30.3 Å². The number of nitrogens with one attached hydrogen (secondary N) is 1. The molecule has 0 aromatic heterocycles. The van der Waals surface area contributed by atoms with Gasteiger partial charge in [0.2, 0.25) is 0 Å². The zero-order valence-electron chi connectivity index (χ0n) is 8.20. The molecule has 0 aliphatic carbocycles. The van der Waals surface area contributed by atoms with Crippen molar-refractivity contribution in [2.24, 2.45) is 5.84 Å². The topological polar surface area (TPSA) is 41.3 Å². The molecule has 72 valence electrons. The van der Waals surface area contributed by atoms with E-state index in [9.17, 15) is 0 Å². The summed E-state index contributed by atoms with van der Waals surface area (Å²) in [5, 5.41) is 4.92. The Morgan fingerprint density at radius 1 is 1.38 bits per heavy atom. The van der Waals surface area contributed by atoms with E-state index in [0.717, 1.165) is 6.54 Å². The van der Waals surface area contributed by atoms with Crippen LogP contribution in [0.4, 0.5) is 0 Å². The lowest BCUT2D eigenvalue weighted by atomic mass is 10.1. The first kappa shape index (κ1) is 10.2. The van der Waals surface area contributed by atoms with Gasteiger partial charge in [-0.3, -0.25) is 5.84 Å². The summed E-state index contributed by atoms with van der Waals surface area (Å²) in [6.07, 6.45) is 0. The smallest absolute Gasteiger partial charge is 0.0460 e. The van der Waals surface area contributed by atoms with E-state index in [1.54, 1.807) is 5.01 Å². The zero-order valence-corrected chi connectivity index (χ0v) is 8.20. The van der Waals surface area contributed by atoms with Crippen LogP contribution in [0.15, 0.2) is 30.3 Å². The van der Waals surface area contributed by atoms with Gasteiger partial charge >= 0.3 is 0 Å². The van der Waals surface area contributed by atoms with Crippen molar-refractivity contribution in [3.63, 3.8) is 0 Å². The van der Waals surface area contributed by atoms with Gasteiger partial charge in [-0.15, -0.1) is 0 Å². The lowest BCUT2D eigenvalue weighted by molar-refractivity contribution is 0.307. The quantitative estimate of drug-likeness (QED) is 0.529. The van der Waals surface area contributed by atoms with E-state index in [0.29, 0.717) is 6.04 Å². The van der Waals surface area contributed by atoms with Crippen LogP contribution in [-0.2, 0) is 0 Å². The summed E-state index contributed by atoms with van der Waals surface area (Å²) < 4.78 is 0. The molecule has 3 heteroatoms. The molecule has 0 saturated carbocycles. The van der Waals surface area contributed by atoms with Crippen molar-refractivity contribution in [3.05, 3.63) is 35.9 Å². The van der Waals surface area contributed by atoms with Crippen LogP contribution < -0.4 is 11.2 Å². The minimum atomic E-state index is 0.302. The van der Waals surface area contributed by atoms with Gasteiger partial charge in [-0.05, 0) is 12.6 Å². The molecule has 0 fully saturated rings. The number of nitrogens with zero attached hydrogens (tertiary/aromatic N) is 1. The minimum Gasteiger partial charge on any atom is -0.312 e. The summed E-state index contributed by atoms with van der Waals surface area (Å²) in [7, 11) is 3.81. The molecule has 3 nitrogen and oxygen atoms in total. The lowest BCUT2D eigenvalue weighted by Crippen LogP contribution is -2.35. The Hall–Kier alpha value is -0.900. The summed E-state index contributed by atoms with van der Waals surface area (Å²) in [5.74, 6) is 5.60. The van der Waals surface area contributed by atoms with Gasteiger partial charge in [0.15, 0.2) is 0 Å². The predicted molar refractivity (Wildman–Crippen MR) is 55.1 cm³/mol. The van der Waals surface area contributed by atoms with Crippen molar-refractivity contribution < 1.29 is 0 Å². The number of nitrogens with two attached hydrogens (primary N) is 1. The van der Waals surface area contributed by atoms with Crippen molar-refractivity contribution in [2.75, 3.05) is 20.6 Å². The predicted octanol–water partition coefficient (Wildman–Crippen LogP) is 0.753. The number of benzene rings is 1. The highest BCUT2D eigenvalue weighted by Gasteiger charge is 2.08. The van der Waals surface area contributed by atoms with Crippen molar-refractivity contribution in [1.29, 1.82) is 0 Å². The van der Waals surface area contributed by atoms with E-state index >= 15 is 0 Å². The Bertz CT molecular complexity index is 233. The van der Waals surface area contributed by atoms with Gasteiger partial charge in [0.05, 0.1) is 0 Å². The first-order chi connectivity index (χ1) is 6.24. The Balaban J connectivity index is 2.67. The molecule has 3 N–H and O–H groups in total. The molecule has 13 heavy (non-hydrogen) atoms. The second-order valence-electron chi connectivity index (χ2n) is 3.19. The van der Waals surface area contributed by atoms with Crippen molar-refractivity contribution in [2.45, 2.75) is 6.04 Å². The third kappa shape index (κ3) is 3.14. The van der Waals surface area contributed by atoms with Gasteiger partial charge in [0.25, 0.3) is 0 Å². The average Bonchev–Trinajstić information content (AvgIpc) is 2.15. The molecule has 0 spiro atoms. The number of hydrogen-bond donors (Lipinski definition) is 2. The molecule has 1 unspecified atom stereocenters. The number of likely N-dealkylation sites (N-methyl/N-ethyl adjacent to an activating group) is 2. The molecular weight excluding hydrogens is 162 g/mol. The van der Waals surface area contributed by atoms with Crippen LogP contribution in [0.2, 0.25) is 0 Å². The van der Waals surface area contributed by atoms with Crippen molar-refractivity contribution in [3.8, 4) is 0 Å². The van der Waals surface area contributed by atoms with Gasteiger partial charge in [0.1, 0.15) is 0 Å². The van der Waals surface area contributed by atoms with Crippen LogP contribution in [0, 0.1) is 0 Å². The fraction of sp³-hybridized carbons (Fsp3) is 0.400. The fourth-order valence-corrected chi connectivity index (χ4v) is 1.34. The minimum absolute atomic E-state index is 0.302. The second-order valence-corrected chi connectivity index (χ2v) is 3.19. The standard InChI is InChI=1S/C10H17N3/c1-12-10(8-13(2)11)9-6-4-3-5-7-9/h3-7,10,12H,8,11H2,1-2H3. The largest absolute Gasteiger partial charge is 0.312 e. The maximum Gasteiger partial charge on any atom is 0.0460 e. The summed E-state index contributed by atoms with van der Waals surface area (Å²) in [6, 6.07) is 10.6. The maximum absolute atomic E-state index is 5.60. The Morgan fingerprint density at radius 3 is 2.46 bits per heavy atom. The van der Waals surface area contributed by atoms with Crippen LogP contribution in [0.3, 0.4) is 0 Å². The molecule has 0 bridgehead atoms. The van der Waals surface area contributed by atoms with Crippen LogP contribution >= 0.6 is 0 Å². The van der Waals surface area contributed by atoms with E-state index in [-0.39, 0.29) is 0 Å². The van der Waals surface area contributed by atoms with Crippen LogP contribution in [-0.4, -0.2) is 25.6 Å². The van der Waals surface area contributed by atoms with E-state index in [4.69, 9.17) is 5.84 Å². The van der Waals surface area contributed by atoms with E-state index in [1.807, 2.05) is 32.3 Å². The van der Waals surface area contributed by atoms with Crippen molar-refractivity contribution in [1.82, 2.24) is 10.3 Å². The highest BCUT2D eigenvalue weighted by atomic mass is 15.4. The Kier molecular flexibility index (Phi) is 3.89. The van der Waals surface area contributed by atoms with E-state index in [1.165, 1.54) is 5.56 Å². The second kappa shape index (κ2) is 4.97. The van der Waals surface area contributed by atoms with Crippen molar-refractivity contribution >= 4 is 0 Å². The number of rotatable bonds is 4. The normalized spacial score (nSPS) is 13.2. The third-order valence-electron chi connectivity index (χ3n) is 2.02. The highest BCUT2D eigenvalue weighted by molar-refractivity contribution is 5.18. The molecule has 0 radical (unpaired) electrons. The van der Waals surface area contributed by atoms with Crippen LogP contribution in [0.1, 0.15) is 11.6 Å². The summed E-state index contributed by atoms with van der Waals surface area (Å²) >= 11 is 0. The lowest BCUT2D eigenvalue weighted by Gasteiger charge is -2.20. The molecule has 0 aliphatic rings. The molecule has 0 amide bonds. The summed E-state index contributed by atoms with van der Waals surface area (Å²) in [6.45, 7) is 0.806. The molecule has 0 aliphatic heterocycles. The molecule has 1 aromatic carbocycles. The number of hydrazine groups is 1. The number of hydrogen-bond acceptors (Lipinski definition) is 3. The molecular formula is C10H17N3. The van der Waals surface area contributed by atoms with Gasteiger partial charge in [-0.25, -0.2) is 5.01 Å². The molecule has 1 atom stereocenters. The first-order valence-corrected chi connectivity index (χ1v) is 4.42. The Morgan fingerprint density at radius 2 is 2.00 bits per heavy atom. The first-order valence-electron chi connectivity index (χ1n) is 4.42. The molecule has 1 aromatic rings. The Labute approximate surface area is 79.5 Å². The van der Waals surface area contributed by atoms with Crippen LogP contribution in [0.5, 0.6) is 0 Å². The van der Waals surface area contributed by atoms with Gasteiger partial charge in [0, 0.05) is 19.6 Å². The van der Waals surface area contributed by atoms with Gasteiger partial charge < -0.3 is 5.32 Å². The highest BCUT2D eigenvalue weighted by Crippen LogP contribution is 2.11. The van der Waals surface area contributed by atoms with Crippen LogP contribution in [0.25, 0.3) is 0 Å². The molecule has 1 rings (SSSR count). The van der Waals surface area contributed by atoms with Gasteiger partial charge in [-0.2, -0.15) is 0 Å². The average molecular weight is 179 g/mol. The van der Waals surface area contributed by atoms with E-state index in [2.05, 4.69) is 17.4 Å². The summed E-state index contributed by atoms with van der Waals surface area (Å²) in [5.41, 5.74) is 1.27. The van der Waals surface area contributed by atoms with E-state index < -0.39 is 0 Å². The molecule has 0 heterocycles. The SMILES string of the molecule is CNC(CN(C)N)c1ccccc1. The zero-order chi connectivity index (χ0) is 9.68. The molecule has 0 saturated heterocycles. The fourth-order valence-electron chi connectivity index (χ4n) is 1.34. The summed E-state index contributed by atoms with van der Waals surface area (Å²) in [4.78, 5) is 0. The third-order valence-corrected chi connectivity index (χ3v) is 2.02.